The first-order valence-corrected chi connectivity index (χ1v) is 12.5. The van der Waals surface area contributed by atoms with Crippen molar-refractivity contribution in [3.8, 4) is 5.75 Å². The molecule has 1 aromatic carbocycles. The number of aromatic nitrogens is 6. The number of anilines is 1. The molecule has 4 aromatic heterocycles. The third kappa shape index (κ3) is 3.42. The second-order valence-electron chi connectivity index (χ2n) is 8.21. The van der Waals surface area contributed by atoms with Gasteiger partial charge in [-0.1, -0.05) is 18.7 Å². The Kier molecular flexibility index (Phi) is 4.95. The zero-order valence-corrected chi connectivity index (χ0v) is 19.7. The number of nitrogens with one attached hydrogen (secondary N) is 1. The number of rotatable bonds is 5. The first kappa shape index (κ1) is 20.4. The molecule has 0 spiro atoms. The topological polar surface area (TPSA) is 98.7 Å². The Bertz CT molecular complexity index is 1500. The van der Waals surface area contributed by atoms with Gasteiger partial charge in [-0.15, -0.1) is 21.5 Å². The smallest absolute Gasteiger partial charge is 0.260 e. The Morgan fingerprint density at radius 3 is 2.97 bits per heavy atom. The Balaban J connectivity index is 1.35. The van der Waals surface area contributed by atoms with Gasteiger partial charge >= 0.3 is 0 Å². The molecule has 0 fully saturated rings. The van der Waals surface area contributed by atoms with Gasteiger partial charge in [-0.25, -0.2) is 9.38 Å². The maximum atomic E-state index is 12.6. The van der Waals surface area contributed by atoms with Crippen molar-refractivity contribution in [2.45, 2.75) is 31.3 Å². The summed E-state index contributed by atoms with van der Waals surface area (Å²) in [6, 6.07) is 7.26. The summed E-state index contributed by atoms with van der Waals surface area (Å²) in [6.45, 7) is 2.30. The molecule has 0 radical (unpaired) electrons. The Labute approximate surface area is 197 Å². The average Bonchev–Trinajstić information content (AvgIpc) is 3.53. The van der Waals surface area contributed by atoms with Crippen LogP contribution in [0, 0.1) is 5.92 Å². The Hall–Kier alpha value is -3.18. The van der Waals surface area contributed by atoms with E-state index in [1.165, 1.54) is 28.6 Å². The summed E-state index contributed by atoms with van der Waals surface area (Å²) < 4.78 is 8.94. The molecular weight excluding hydrogens is 458 g/mol. The highest BCUT2D eigenvalue weighted by Gasteiger charge is 2.26. The van der Waals surface area contributed by atoms with E-state index in [1.54, 1.807) is 29.3 Å². The molecule has 1 aliphatic carbocycles. The molecule has 1 aliphatic rings. The van der Waals surface area contributed by atoms with Gasteiger partial charge in [0, 0.05) is 10.6 Å². The Morgan fingerprint density at radius 2 is 2.15 bits per heavy atom. The number of carbonyl (C=O) groups is 1. The van der Waals surface area contributed by atoms with Crippen LogP contribution in [0.1, 0.15) is 23.8 Å². The van der Waals surface area contributed by atoms with Gasteiger partial charge in [-0.3, -0.25) is 4.79 Å². The van der Waals surface area contributed by atoms with Gasteiger partial charge in [0.15, 0.2) is 10.8 Å². The molecule has 168 valence electrons. The SMILES string of the molecule is COc1ccc(NC(=O)CSc2nnc3n4ncnc4c4c5c(sc4n23)CC(C)CC5)cc1. The summed E-state index contributed by atoms with van der Waals surface area (Å²) in [5.74, 6) is 2.13. The fourth-order valence-corrected chi connectivity index (χ4v) is 6.65. The van der Waals surface area contributed by atoms with Gasteiger partial charge in [0.05, 0.1) is 18.2 Å². The maximum absolute atomic E-state index is 12.6. The van der Waals surface area contributed by atoms with Crippen LogP contribution in [0.15, 0.2) is 35.7 Å². The number of aryl methyl sites for hydroxylation is 1. The minimum Gasteiger partial charge on any atom is -0.497 e. The molecule has 1 amide bonds. The van der Waals surface area contributed by atoms with Crippen LogP contribution in [0.3, 0.4) is 0 Å². The second-order valence-corrected chi connectivity index (χ2v) is 10.2. The van der Waals surface area contributed by atoms with Gasteiger partial charge in [0.1, 0.15) is 16.9 Å². The lowest BCUT2D eigenvalue weighted by Gasteiger charge is -2.17. The number of hydrogen-bond donors (Lipinski definition) is 1. The van der Waals surface area contributed by atoms with Crippen molar-refractivity contribution in [1.29, 1.82) is 0 Å². The third-order valence-electron chi connectivity index (χ3n) is 5.98. The number of thioether (sulfide) groups is 1. The largest absolute Gasteiger partial charge is 0.497 e. The van der Waals surface area contributed by atoms with Gasteiger partial charge in [-0.05, 0) is 55.0 Å². The standard InChI is InChI=1S/C22H21N7O2S2/c1-12-3-8-15-16(9-12)33-20-18(15)19-23-11-24-29(19)21-26-27-22(28(20)21)32-10-17(30)25-13-4-6-14(31-2)7-5-13/h4-7,11-12H,3,8-10H2,1-2H3,(H,25,30). The van der Waals surface area contributed by atoms with E-state index in [4.69, 9.17) is 4.74 Å². The number of benzene rings is 1. The van der Waals surface area contributed by atoms with Crippen molar-refractivity contribution in [2.75, 3.05) is 18.2 Å². The van der Waals surface area contributed by atoms with Gasteiger partial charge in [-0.2, -0.15) is 9.61 Å². The van der Waals surface area contributed by atoms with Crippen molar-refractivity contribution in [1.82, 2.24) is 29.2 Å². The number of methoxy groups -OCH3 is 1. The average molecular weight is 480 g/mol. The van der Waals surface area contributed by atoms with Crippen LogP contribution in [0.25, 0.3) is 21.6 Å². The van der Waals surface area contributed by atoms with E-state index >= 15 is 0 Å². The van der Waals surface area contributed by atoms with Crippen LogP contribution >= 0.6 is 23.1 Å². The van der Waals surface area contributed by atoms with E-state index in [1.807, 2.05) is 28.7 Å². The van der Waals surface area contributed by atoms with Crippen LogP contribution in [0.4, 0.5) is 5.69 Å². The van der Waals surface area contributed by atoms with Gasteiger partial charge in [0.2, 0.25) is 5.91 Å². The summed E-state index contributed by atoms with van der Waals surface area (Å²) in [4.78, 5) is 19.6. The van der Waals surface area contributed by atoms with Crippen LogP contribution in [-0.4, -0.2) is 48.0 Å². The fourth-order valence-electron chi connectivity index (χ4n) is 4.35. The van der Waals surface area contributed by atoms with E-state index < -0.39 is 0 Å². The first-order valence-electron chi connectivity index (χ1n) is 10.7. The first-order chi connectivity index (χ1) is 16.1. The molecular formula is C22H21N7O2S2. The summed E-state index contributed by atoms with van der Waals surface area (Å²) in [7, 11) is 1.61. The molecule has 5 aromatic rings. The molecule has 1 unspecified atom stereocenters. The molecule has 1 N–H and O–H groups in total. The molecule has 11 heteroatoms. The second kappa shape index (κ2) is 7.99. The van der Waals surface area contributed by atoms with E-state index in [9.17, 15) is 4.79 Å². The summed E-state index contributed by atoms with van der Waals surface area (Å²) >= 11 is 3.15. The monoisotopic (exact) mass is 479 g/mol. The fraction of sp³-hybridized carbons (Fsp3) is 0.318. The highest BCUT2D eigenvalue weighted by Crippen LogP contribution is 2.40. The molecule has 6 rings (SSSR count). The molecule has 0 saturated heterocycles. The van der Waals surface area contributed by atoms with Crippen molar-refractivity contribution < 1.29 is 9.53 Å². The van der Waals surface area contributed by atoms with Gasteiger partial charge < -0.3 is 10.1 Å². The lowest BCUT2D eigenvalue weighted by molar-refractivity contribution is -0.113. The lowest BCUT2D eigenvalue weighted by Crippen LogP contribution is -2.14. The van der Waals surface area contributed by atoms with Crippen molar-refractivity contribution in [3.63, 3.8) is 0 Å². The van der Waals surface area contributed by atoms with E-state index in [0.29, 0.717) is 16.9 Å². The number of ether oxygens (including phenoxy) is 1. The molecule has 4 heterocycles. The number of hydrogen-bond acceptors (Lipinski definition) is 8. The number of carbonyl (C=O) groups excluding carboxylic acids is 1. The predicted molar refractivity (Wildman–Crippen MR) is 128 cm³/mol. The van der Waals surface area contributed by atoms with Crippen LogP contribution < -0.4 is 10.1 Å². The van der Waals surface area contributed by atoms with Crippen molar-refractivity contribution in [2.24, 2.45) is 5.92 Å². The summed E-state index contributed by atoms with van der Waals surface area (Å²) in [5.41, 5.74) is 2.92. The molecule has 0 aliphatic heterocycles. The quantitative estimate of drug-likeness (QED) is 0.382. The normalized spacial score (nSPS) is 15.9. The summed E-state index contributed by atoms with van der Waals surface area (Å²) in [6.07, 6.45) is 4.85. The number of thiophene rings is 1. The molecule has 0 saturated carbocycles. The van der Waals surface area contributed by atoms with E-state index in [-0.39, 0.29) is 11.7 Å². The molecule has 1 atom stereocenters. The van der Waals surface area contributed by atoms with Crippen LogP contribution in [-0.2, 0) is 17.6 Å². The Morgan fingerprint density at radius 1 is 1.30 bits per heavy atom. The maximum Gasteiger partial charge on any atom is 0.260 e. The highest BCUT2D eigenvalue weighted by atomic mass is 32.2. The number of amides is 1. The highest BCUT2D eigenvalue weighted by molar-refractivity contribution is 7.99. The lowest BCUT2D eigenvalue weighted by atomic mass is 9.89. The molecule has 9 nitrogen and oxygen atoms in total. The van der Waals surface area contributed by atoms with Crippen molar-refractivity contribution >= 4 is 56.3 Å². The molecule has 33 heavy (non-hydrogen) atoms. The summed E-state index contributed by atoms with van der Waals surface area (Å²) in [5, 5.41) is 17.9. The molecule has 0 bridgehead atoms. The van der Waals surface area contributed by atoms with Crippen LogP contribution in [0.2, 0.25) is 0 Å². The number of nitrogens with zero attached hydrogens (tertiary/aromatic N) is 6. The minimum atomic E-state index is -0.112. The van der Waals surface area contributed by atoms with Crippen LogP contribution in [0.5, 0.6) is 5.75 Å². The van der Waals surface area contributed by atoms with Gasteiger partial charge in [0.25, 0.3) is 5.78 Å². The third-order valence-corrected chi connectivity index (χ3v) is 8.15. The van der Waals surface area contributed by atoms with E-state index in [0.717, 1.165) is 40.1 Å². The zero-order chi connectivity index (χ0) is 22.5. The predicted octanol–water partition coefficient (Wildman–Crippen LogP) is 3.85. The zero-order valence-electron chi connectivity index (χ0n) is 18.1. The minimum absolute atomic E-state index is 0.112. The number of fused-ring (bicyclic) bond motifs is 8. The van der Waals surface area contributed by atoms with Crippen molar-refractivity contribution in [3.05, 3.63) is 41.0 Å². The van der Waals surface area contributed by atoms with E-state index in [2.05, 4.69) is 32.5 Å².